The van der Waals surface area contributed by atoms with Crippen LogP contribution in [0.2, 0.25) is 0 Å². The number of benzene rings is 1. The van der Waals surface area contributed by atoms with Crippen molar-refractivity contribution in [3.63, 3.8) is 0 Å². The summed E-state index contributed by atoms with van der Waals surface area (Å²) in [7, 11) is 2.16. The molecule has 112 valence electrons. The molecule has 4 heteroatoms. The molecule has 1 aromatic heterocycles. The van der Waals surface area contributed by atoms with Crippen molar-refractivity contribution < 1.29 is 4.74 Å². The maximum atomic E-state index is 6.04. The number of aromatic nitrogens is 1. The largest absolute Gasteiger partial charge is 0.374 e. The number of rotatable bonds is 4. The molecule has 1 saturated heterocycles. The van der Waals surface area contributed by atoms with Crippen LogP contribution in [-0.4, -0.2) is 49.3 Å². The third-order valence-corrected chi connectivity index (χ3v) is 4.11. The van der Waals surface area contributed by atoms with Gasteiger partial charge in [0.1, 0.15) is 0 Å². The molecule has 2 atom stereocenters. The minimum Gasteiger partial charge on any atom is -0.374 e. The number of hydrogen-bond acceptors (Lipinski definition) is 4. The average molecular weight is 285 g/mol. The van der Waals surface area contributed by atoms with Gasteiger partial charge in [-0.05, 0) is 31.3 Å². The van der Waals surface area contributed by atoms with Crippen LogP contribution in [0.1, 0.15) is 18.5 Å². The van der Waals surface area contributed by atoms with Gasteiger partial charge in [-0.3, -0.25) is 4.98 Å². The molecule has 2 aromatic rings. The Balaban J connectivity index is 1.98. The van der Waals surface area contributed by atoms with Crippen LogP contribution in [0.5, 0.6) is 0 Å². The van der Waals surface area contributed by atoms with Gasteiger partial charge in [0.25, 0.3) is 0 Å². The molecule has 0 amide bonds. The van der Waals surface area contributed by atoms with Crippen LogP contribution in [-0.2, 0) is 4.74 Å². The molecule has 0 spiro atoms. The zero-order chi connectivity index (χ0) is 14.7. The van der Waals surface area contributed by atoms with Crippen molar-refractivity contribution >= 4 is 10.9 Å². The summed E-state index contributed by atoms with van der Waals surface area (Å²) in [6.07, 6.45) is 2.02. The highest BCUT2D eigenvalue weighted by Gasteiger charge is 2.28. The summed E-state index contributed by atoms with van der Waals surface area (Å²) in [6, 6.07) is 10.7. The topological polar surface area (TPSA) is 37.4 Å². The molecule has 1 fully saturated rings. The predicted octanol–water partition coefficient (Wildman–Crippen LogP) is 2.22. The first kappa shape index (κ1) is 14.4. The van der Waals surface area contributed by atoms with Gasteiger partial charge in [-0.15, -0.1) is 0 Å². The number of hydrogen-bond donors (Lipinski definition) is 1. The number of morpholine rings is 1. The summed E-state index contributed by atoms with van der Waals surface area (Å²) in [5.41, 5.74) is 2.32. The first-order valence-electron chi connectivity index (χ1n) is 7.66. The monoisotopic (exact) mass is 285 g/mol. The quantitative estimate of drug-likeness (QED) is 0.934. The molecule has 1 aromatic carbocycles. The van der Waals surface area contributed by atoms with E-state index in [1.165, 1.54) is 10.9 Å². The number of likely N-dealkylation sites (N-methyl/N-ethyl adjacent to an activating group) is 2. The van der Waals surface area contributed by atoms with Gasteiger partial charge in [-0.1, -0.05) is 25.1 Å². The lowest BCUT2D eigenvalue weighted by molar-refractivity contribution is -0.0387. The molecule has 0 saturated carbocycles. The number of fused-ring (bicyclic) bond motifs is 1. The smallest absolute Gasteiger partial charge is 0.0897 e. The second-order valence-corrected chi connectivity index (χ2v) is 5.62. The fourth-order valence-electron chi connectivity index (χ4n) is 3.07. The summed E-state index contributed by atoms with van der Waals surface area (Å²) >= 11 is 0. The molecule has 4 nitrogen and oxygen atoms in total. The third-order valence-electron chi connectivity index (χ3n) is 4.11. The molecule has 21 heavy (non-hydrogen) atoms. The summed E-state index contributed by atoms with van der Waals surface area (Å²) in [4.78, 5) is 6.80. The fraction of sp³-hybridized carbons (Fsp3) is 0.471. The standard InChI is InChI=1S/C17H23N3O/c1-3-18-17(16-12-20(2)10-11-21-16)14-6-4-8-15-13(14)7-5-9-19-15/h4-9,16-18H,3,10-12H2,1-2H3. The molecule has 0 aliphatic carbocycles. The molecular formula is C17H23N3O. The van der Waals surface area contributed by atoms with Gasteiger partial charge in [-0.2, -0.15) is 0 Å². The maximum Gasteiger partial charge on any atom is 0.0897 e. The van der Waals surface area contributed by atoms with E-state index in [1.807, 2.05) is 12.3 Å². The van der Waals surface area contributed by atoms with Gasteiger partial charge in [0.2, 0.25) is 0 Å². The molecular weight excluding hydrogens is 262 g/mol. The van der Waals surface area contributed by atoms with E-state index in [0.717, 1.165) is 31.8 Å². The molecule has 1 aliphatic rings. The Morgan fingerprint density at radius 3 is 3.10 bits per heavy atom. The van der Waals surface area contributed by atoms with Gasteiger partial charge in [0.15, 0.2) is 0 Å². The summed E-state index contributed by atoms with van der Waals surface area (Å²) < 4.78 is 6.04. The lowest BCUT2D eigenvalue weighted by atomic mass is 9.96. The molecule has 0 bridgehead atoms. The van der Waals surface area contributed by atoms with Crippen molar-refractivity contribution in [1.82, 2.24) is 15.2 Å². The van der Waals surface area contributed by atoms with E-state index in [0.29, 0.717) is 0 Å². The Morgan fingerprint density at radius 1 is 1.38 bits per heavy atom. The van der Waals surface area contributed by atoms with E-state index in [2.05, 4.69) is 53.4 Å². The minimum atomic E-state index is 0.175. The van der Waals surface area contributed by atoms with Crippen molar-refractivity contribution in [3.8, 4) is 0 Å². The van der Waals surface area contributed by atoms with E-state index < -0.39 is 0 Å². The van der Waals surface area contributed by atoms with E-state index in [4.69, 9.17) is 4.74 Å². The van der Waals surface area contributed by atoms with E-state index in [9.17, 15) is 0 Å². The Bertz CT molecular complexity index is 596. The average Bonchev–Trinajstić information content (AvgIpc) is 2.52. The molecule has 3 rings (SSSR count). The Kier molecular flexibility index (Phi) is 4.48. The number of pyridine rings is 1. The van der Waals surface area contributed by atoms with Gasteiger partial charge in [0, 0.05) is 24.7 Å². The Labute approximate surface area is 126 Å². The van der Waals surface area contributed by atoms with Crippen LogP contribution >= 0.6 is 0 Å². The number of ether oxygens (including phenoxy) is 1. The lowest BCUT2D eigenvalue weighted by Crippen LogP contribution is -2.46. The van der Waals surface area contributed by atoms with Crippen LogP contribution in [0, 0.1) is 0 Å². The van der Waals surface area contributed by atoms with Gasteiger partial charge in [-0.25, -0.2) is 0 Å². The second-order valence-electron chi connectivity index (χ2n) is 5.62. The molecule has 1 N–H and O–H groups in total. The van der Waals surface area contributed by atoms with E-state index in [-0.39, 0.29) is 12.1 Å². The first-order valence-corrected chi connectivity index (χ1v) is 7.66. The van der Waals surface area contributed by atoms with Gasteiger partial charge >= 0.3 is 0 Å². The second kappa shape index (κ2) is 6.52. The van der Waals surface area contributed by atoms with Crippen LogP contribution in [0.25, 0.3) is 10.9 Å². The molecule has 2 unspecified atom stereocenters. The van der Waals surface area contributed by atoms with Gasteiger partial charge < -0.3 is 15.0 Å². The molecule has 2 heterocycles. The van der Waals surface area contributed by atoms with Gasteiger partial charge in [0.05, 0.1) is 24.3 Å². The van der Waals surface area contributed by atoms with Crippen molar-refractivity contribution in [1.29, 1.82) is 0 Å². The first-order chi connectivity index (χ1) is 10.3. The number of nitrogens with one attached hydrogen (secondary N) is 1. The van der Waals surface area contributed by atoms with Crippen LogP contribution in [0.15, 0.2) is 36.5 Å². The van der Waals surface area contributed by atoms with Crippen LogP contribution < -0.4 is 5.32 Å². The fourth-order valence-corrected chi connectivity index (χ4v) is 3.07. The normalized spacial score (nSPS) is 21.5. The predicted molar refractivity (Wildman–Crippen MR) is 85.4 cm³/mol. The Morgan fingerprint density at radius 2 is 2.29 bits per heavy atom. The van der Waals surface area contributed by atoms with Crippen LogP contribution in [0.3, 0.4) is 0 Å². The zero-order valence-electron chi connectivity index (χ0n) is 12.7. The van der Waals surface area contributed by atoms with E-state index >= 15 is 0 Å². The molecule has 1 aliphatic heterocycles. The highest BCUT2D eigenvalue weighted by atomic mass is 16.5. The summed E-state index contributed by atoms with van der Waals surface area (Å²) in [5, 5.41) is 4.81. The zero-order valence-corrected chi connectivity index (χ0v) is 12.7. The SMILES string of the molecule is CCNC(c1cccc2ncccc12)C1CN(C)CCO1. The summed E-state index contributed by atoms with van der Waals surface area (Å²) in [5.74, 6) is 0. The van der Waals surface area contributed by atoms with Crippen molar-refractivity contribution in [2.24, 2.45) is 0 Å². The highest BCUT2D eigenvalue weighted by molar-refractivity contribution is 5.82. The lowest BCUT2D eigenvalue weighted by Gasteiger charge is -2.36. The highest BCUT2D eigenvalue weighted by Crippen LogP contribution is 2.28. The van der Waals surface area contributed by atoms with Crippen molar-refractivity contribution in [2.45, 2.75) is 19.1 Å². The third kappa shape index (κ3) is 3.07. The number of nitrogens with zero attached hydrogens (tertiary/aromatic N) is 2. The summed E-state index contributed by atoms with van der Waals surface area (Å²) in [6.45, 7) is 5.82. The Hall–Kier alpha value is -1.49. The minimum absolute atomic E-state index is 0.175. The van der Waals surface area contributed by atoms with Crippen LogP contribution in [0.4, 0.5) is 0 Å². The van der Waals surface area contributed by atoms with Crippen molar-refractivity contribution in [2.75, 3.05) is 33.3 Å². The maximum absolute atomic E-state index is 6.04. The molecule has 0 radical (unpaired) electrons. The van der Waals surface area contributed by atoms with E-state index in [1.54, 1.807) is 0 Å². The van der Waals surface area contributed by atoms with Crippen molar-refractivity contribution in [3.05, 3.63) is 42.1 Å².